The van der Waals surface area contributed by atoms with Crippen LogP contribution in [0.15, 0.2) is 24.5 Å². The SMILES string of the molecule is CCc1ccc(C(=O)Nc2nccnc2C(=O)O)s1. The maximum atomic E-state index is 12.0. The van der Waals surface area contributed by atoms with Crippen molar-refractivity contribution in [2.45, 2.75) is 13.3 Å². The van der Waals surface area contributed by atoms with Crippen LogP contribution in [0.1, 0.15) is 32.0 Å². The number of carbonyl (C=O) groups is 2. The minimum absolute atomic E-state index is 0.0496. The number of carboxylic acids is 1. The predicted molar refractivity (Wildman–Crippen MR) is 70.6 cm³/mol. The van der Waals surface area contributed by atoms with Gasteiger partial charge in [-0.1, -0.05) is 6.92 Å². The molecule has 0 bridgehead atoms. The van der Waals surface area contributed by atoms with E-state index in [1.165, 1.54) is 23.7 Å². The third-order valence-electron chi connectivity index (χ3n) is 2.37. The molecule has 2 aromatic heterocycles. The smallest absolute Gasteiger partial charge is 0.358 e. The Hall–Kier alpha value is -2.28. The number of aryl methyl sites for hydroxylation is 1. The van der Waals surface area contributed by atoms with Crippen LogP contribution in [0.2, 0.25) is 0 Å². The van der Waals surface area contributed by atoms with Gasteiger partial charge in [0.1, 0.15) is 0 Å². The topological polar surface area (TPSA) is 92.2 Å². The number of rotatable bonds is 4. The Labute approximate surface area is 113 Å². The van der Waals surface area contributed by atoms with Gasteiger partial charge in [0.2, 0.25) is 0 Å². The highest BCUT2D eigenvalue weighted by atomic mass is 32.1. The average molecular weight is 277 g/mol. The maximum absolute atomic E-state index is 12.0. The lowest BCUT2D eigenvalue weighted by Gasteiger charge is -2.04. The van der Waals surface area contributed by atoms with E-state index in [-0.39, 0.29) is 17.4 Å². The molecule has 7 heteroatoms. The Morgan fingerprint density at radius 1 is 1.32 bits per heavy atom. The van der Waals surface area contributed by atoms with Crippen molar-refractivity contribution in [3.8, 4) is 0 Å². The van der Waals surface area contributed by atoms with Crippen LogP contribution in [0.3, 0.4) is 0 Å². The molecule has 0 unspecified atom stereocenters. The molecule has 0 saturated heterocycles. The van der Waals surface area contributed by atoms with Gasteiger partial charge in [0.05, 0.1) is 4.88 Å². The molecule has 0 fully saturated rings. The number of nitrogens with zero attached hydrogens (tertiary/aromatic N) is 2. The lowest BCUT2D eigenvalue weighted by Crippen LogP contribution is -2.16. The monoisotopic (exact) mass is 277 g/mol. The number of aromatic carboxylic acids is 1. The largest absolute Gasteiger partial charge is 0.476 e. The molecule has 0 radical (unpaired) electrons. The fourth-order valence-electron chi connectivity index (χ4n) is 1.45. The standard InChI is InChI=1S/C12H11N3O3S/c1-2-7-3-4-8(19-7)11(16)15-10-9(12(17)18)13-5-6-14-10/h3-6H,2H2,1H3,(H,17,18)(H,14,15,16). The first kappa shape index (κ1) is 13.2. The lowest BCUT2D eigenvalue weighted by atomic mass is 10.3. The minimum atomic E-state index is -1.23. The van der Waals surface area contributed by atoms with E-state index in [1.54, 1.807) is 6.07 Å². The van der Waals surface area contributed by atoms with Crippen molar-refractivity contribution < 1.29 is 14.7 Å². The predicted octanol–water partition coefficient (Wildman–Crippen LogP) is 2.05. The molecule has 0 aliphatic heterocycles. The average Bonchev–Trinajstić information content (AvgIpc) is 2.88. The van der Waals surface area contributed by atoms with E-state index in [0.717, 1.165) is 11.3 Å². The van der Waals surface area contributed by atoms with Crippen LogP contribution in [0, 0.1) is 0 Å². The highest BCUT2D eigenvalue weighted by Crippen LogP contribution is 2.18. The number of aromatic nitrogens is 2. The van der Waals surface area contributed by atoms with Crippen molar-refractivity contribution in [1.82, 2.24) is 9.97 Å². The summed E-state index contributed by atoms with van der Waals surface area (Å²) in [4.78, 5) is 32.0. The van der Waals surface area contributed by atoms with Gasteiger partial charge in [-0.25, -0.2) is 14.8 Å². The summed E-state index contributed by atoms with van der Waals surface area (Å²) in [5.74, 6) is -1.66. The quantitative estimate of drug-likeness (QED) is 0.892. The van der Waals surface area contributed by atoms with Gasteiger partial charge in [-0.15, -0.1) is 11.3 Å². The first-order valence-electron chi connectivity index (χ1n) is 5.56. The first-order chi connectivity index (χ1) is 9.11. The Morgan fingerprint density at radius 3 is 2.68 bits per heavy atom. The van der Waals surface area contributed by atoms with Gasteiger partial charge >= 0.3 is 5.97 Å². The van der Waals surface area contributed by atoms with Crippen LogP contribution >= 0.6 is 11.3 Å². The highest BCUT2D eigenvalue weighted by Gasteiger charge is 2.16. The number of amides is 1. The van der Waals surface area contributed by atoms with Crippen molar-refractivity contribution >= 4 is 29.0 Å². The van der Waals surface area contributed by atoms with Gasteiger partial charge in [-0.05, 0) is 18.6 Å². The molecule has 98 valence electrons. The molecule has 0 saturated carbocycles. The van der Waals surface area contributed by atoms with Crippen molar-refractivity contribution in [2.24, 2.45) is 0 Å². The van der Waals surface area contributed by atoms with Crippen molar-refractivity contribution in [1.29, 1.82) is 0 Å². The van der Waals surface area contributed by atoms with Crippen LogP contribution in [0.4, 0.5) is 5.82 Å². The van der Waals surface area contributed by atoms with E-state index >= 15 is 0 Å². The number of nitrogens with one attached hydrogen (secondary N) is 1. The molecule has 0 spiro atoms. The second-order valence-electron chi connectivity index (χ2n) is 3.63. The van der Waals surface area contributed by atoms with Crippen LogP contribution in [0.25, 0.3) is 0 Å². The number of hydrogen-bond acceptors (Lipinski definition) is 5. The number of thiophene rings is 1. The molecule has 0 atom stereocenters. The van der Waals surface area contributed by atoms with Crippen LogP contribution in [-0.4, -0.2) is 27.0 Å². The molecule has 0 aliphatic rings. The van der Waals surface area contributed by atoms with Gasteiger partial charge in [-0.3, -0.25) is 4.79 Å². The van der Waals surface area contributed by atoms with Gasteiger partial charge in [0, 0.05) is 17.3 Å². The summed E-state index contributed by atoms with van der Waals surface area (Å²) in [6.45, 7) is 2.00. The molecular formula is C12H11N3O3S. The summed E-state index contributed by atoms with van der Waals surface area (Å²) in [5, 5.41) is 11.4. The zero-order chi connectivity index (χ0) is 13.8. The van der Waals surface area contributed by atoms with Gasteiger partial charge < -0.3 is 10.4 Å². The van der Waals surface area contributed by atoms with Gasteiger partial charge in [-0.2, -0.15) is 0 Å². The highest BCUT2D eigenvalue weighted by molar-refractivity contribution is 7.14. The molecule has 19 heavy (non-hydrogen) atoms. The zero-order valence-electron chi connectivity index (χ0n) is 10.1. The lowest BCUT2D eigenvalue weighted by molar-refractivity contribution is 0.0691. The molecule has 2 heterocycles. The Bertz CT molecular complexity index is 624. The third-order valence-corrected chi connectivity index (χ3v) is 3.59. The van der Waals surface area contributed by atoms with Crippen molar-refractivity contribution in [3.05, 3.63) is 40.0 Å². The minimum Gasteiger partial charge on any atom is -0.476 e. The summed E-state index contributed by atoms with van der Waals surface area (Å²) >= 11 is 1.37. The molecule has 2 N–H and O–H groups in total. The fourth-order valence-corrected chi connectivity index (χ4v) is 2.29. The Morgan fingerprint density at radius 2 is 2.05 bits per heavy atom. The molecular weight excluding hydrogens is 266 g/mol. The summed E-state index contributed by atoms with van der Waals surface area (Å²) < 4.78 is 0. The van der Waals surface area contributed by atoms with Crippen LogP contribution in [-0.2, 0) is 6.42 Å². The number of carboxylic acid groups (broad SMARTS) is 1. The van der Waals surface area contributed by atoms with Crippen LogP contribution in [0.5, 0.6) is 0 Å². The Kier molecular flexibility index (Phi) is 3.86. The summed E-state index contributed by atoms with van der Waals surface area (Å²) in [7, 11) is 0. The van der Waals surface area contributed by atoms with E-state index in [1.807, 2.05) is 13.0 Å². The Balaban J connectivity index is 2.21. The number of hydrogen-bond donors (Lipinski definition) is 2. The van der Waals surface area contributed by atoms with Crippen molar-refractivity contribution in [3.63, 3.8) is 0 Å². The number of anilines is 1. The second kappa shape index (κ2) is 5.57. The summed E-state index contributed by atoms with van der Waals surface area (Å²) in [6, 6.07) is 3.57. The van der Waals surface area contributed by atoms with E-state index in [2.05, 4.69) is 15.3 Å². The second-order valence-corrected chi connectivity index (χ2v) is 4.80. The molecule has 2 rings (SSSR count). The zero-order valence-corrected chi connectivity index (χ0v) is 10.9. The molecule has 1 amide bonds. The maximum Gasteiger partial charge on any atom is 0.358 e. The first-order valence-corrected chi connectivity index (χ1v) is 6.37. The van der Waals surface area contributed by atoms with E-state index in [0.29, 0.717) is 4.88 Å². The van der Waals surface area contributed by atoms with Gasteiger partial charge in [0.15, 0.2) is 11.5 Å². The number of carbonyl (C=O) groups excluding carboxylic acids is 1. The molecule has 2 aromatic rings. The summed E-state index contributed by atoms with van der Waals surface area (Å²) in [6.07, 6.45) is 3.44. The van der Waals surface area contributed by atoms with E-state index < -0.39 is 5.97 Å². The van der Waals surface area contributed by atoms with E-state index in [4.69, 9.17) is 5.11 Å². The normalized spacial score (nSPS) is 10.2. The van der Waals surface area contributed by atoms with Crippen LogP contribution < -0.4 is 5.32 Å². The molecule has 6 nitrogen and oxygen atoms in total. The third kappa shape index (κ3) is 2.94. The molecule has 0 aliphatic carbocycles. The summed E-state index contributed by atoms with van der Waals surface area (Å²) in [5.41, 5.74) is -0.275. The fraction of sp³-hybridized carbons (Fsp3) is 0.167. The van der Waals surface area contributed by atoms with Crippen molar-refractivity contribution in [2.75, 3.05) is 5.32 Å². The van der Waals surface area contributed by atoms with Gasteiger partial charge in [0.25, 0.3) is 5.91 Å². The van der Waals surface area contributed by atoms with E-state index in [9.17, 15) is 9.59 Å². The molecule has 0 aromatic carbocycles.